The van der Waals surface area contributed by atoms with Crippen LogP contribution in [0.3, 0.4) is 0 Å². The molecule has 0 spiro atoms. The Balaban J connectivity index is 2.37. The summed E-state index contributed by atoms with van der Waals surface area (Å²) in [4.78, 5) is 13.7. The molecule has 1 rings (SSSR count). The van der Waals surface area contributed by atoms with E-state index in [0.717, 1.165) is 0 Å². The number of methoxy groups -OCH3 is 1. The molecule has 0 aliphatic carbocycles. The highest BCUT2D eigenvalue weighted by Gasteiger charge is 2.11. The molecule has 0 radical (unpaired) electrons. The average molecular weight is 269 g/mol. The van der Waals surface area contributed by atoms with E-state index >= 15 is 0 Å². The molecule has 19 heavy (non-hydrogen) atoms. The molecule has 0 heterocycles. The van der Waals surface area contributed by atoms with Crippen LogP contribution in [0, 0.1) is 5.82 Å². The van der Waals surface area contributed by atoms with Crippen LogP contribution in [0.1, 0.15) is 16.8 Å². The molecule has 0 saturated carbocycles. The van der Waals surface area contributed by atoms with Crippen molar-refractivity contribution >= 4 is 5.78 Å². The normalized spacial score (nSPS) is 12.7. The number of carbonyl (C=O) groups is 1. The average Bonchev–Trinajstić information content (AvgIpc) is 2.36. The lowest BCUT2D eigenvalue weighted by molar-refractivity contribution is 0.0428. The number of halogens is 1. The third kappa shape index (κ3) is 5.92. The number of Topliss-reactive ketones (excluding diaryl/α,β-unsaturated/α-hetero) is 1. The number of carbonyl (C=O) groups excluding carboxylic acids is 1. The lowest BCUT2D eigenvalue weighted by Gasteiger charge is -2.19. The zero-order valence-electron chi connectivity index (χ0n) is 11.3. The van der Waals surface area contributed by atoms with Crippen LogP contribution >= 0.6 is 0 Å². The fraction of sp³-hybridized carbons (Fsp3) is 0.500. The molecule has 0 aliphatic heterocycles. The van der Waals surface area contributed by atoms with E-state index in [1.165, 1.54) is 25.3 Å². The smallest absolute Gasteiger partial charge is 0.164 e. The number of ether oxygens (including phenoxy) is 1. The van der Waals surface area contributed by atoms with E-state index in [1.54, 1.807) is 6.07 Å². The Labute approximate surface area is 112 Å². The molecule has 106 valence electrons. The molecular formula is C14H20FNO3. The Bertz CT molecular complexity index is 411. The van der Waals surface area contributed by atoms with Crippen molar-refractivity contribution in [1.82, 2.24) is 4.90 Å². The number of hydrogen-bond donors (Lipinski definition) is 1. The van der Waals surface area contributed by atoms with Gasteiger partial charge in [0.2, 0.25) is 0 Å². The largest absolute Gasteiger partial charge is 0.389 e. The maximum atomic E-state index is 13.0. The second kappa shape index (κ2) is 7.99. The van der Waals surface area contributed by atoms with E-state index in [1.807, 2.05) is 11.9 Å². The first kappa shape index (κ1) is 15.8. The number of ketones is 1. The fourth-order valence-electron chi connectivity index (χ4n) is 1.79. The molecule has 0 bridgehead atoms. The standard InChI is InChI=1S/C14H20FNO3/c1-16(9-13(17)10-19-2)7-6-14(18)11-4-3-5-12(15)8-11/h3-5,8,13,17H,6-7,9-10H2,1-2H3. The summed E-state index contributed by atoms with van der Waals surface area (Å²) in [7, 11) is 3.34. The van der Waals surface area contributed by atoms with Crippen molar-refractivity contribution < 1.29 is 19.0 Å². The van der Waals surface area contributed by atoms with Gasteiger partial charge in [0.1, 0.15) is 5.82 Å². The van der Waals surface area contributed by atoms with Crippen LogP contribution < -0.4 is 0 Å². The van der Waals surface area contributed by atoms with Gasteiger partial charge < -0.3 is 14.7 Å². The molecule has 0 fully saturated rings. The molecule has 5 heteroatoms. The van der Waals surface area contributed by atoms with Crippen LogP contribution in [-0.2, 0) is 4.74 Å². The van der Waals surface area contributed by atoms with E-state index in [0.29, 0.717) is 25.1 Å². The lowest BCUT2D eigenvalue weighted by Crippen LogP contribution is -2.33. The summed E-state index contributed by atoms with van der Waals surface area (Å²) < 4.78 is 17.8. The van der Waals surface area contributed by atoms with Crippen LogP contribution in [-0.4, -0.2) is 55.7 Å². The summed E-state index contributed by atoms with van der Waals surface area (Å²) >= 11 is 0. The third-order valence-electron chi connectivity index (χ3n) is 2.75. The van der Waals surface area contributed by atoms with Gasteiger partial charge in [-0.3, -0.25) is 4.79 Å². The van der Waals surface area contributed by atoms with Gasteiger partial charge in [-0.05, 0) is 19.2 Å². The Kier molecular flexibility index (Phi) is 6.62. The van der Waals surface area contributed by atoms with Crippen molar-refractivity contribution in [3.05, 3.63) is 35.6 Å². The van der Waals surface area contributed by atoms with Crippen LogP contribution in [0.2, 0.25) is 0 Å². The van der Waals surface area contributed by atoms with Gasteiger partial charge in [0.15, 0.2) is 5.78 Å². The highest BCUT2D eigenvalue weighted by Crippen LogP contribution is 2.07. The van der Waals surface area contributed by atoms with Gasteiger partial charge >= 0.3 is 0 Å². The maximum Gasteiger partial charge on any atom is 0.164 e. The predicted molar refractivity (Wildman–Crippen MR) is 70.7 cm³/mol. The summed E-state index contributed by atoms with van der Waals surface area (Å²) in [5, 5.41) is 9.54. The number of rotatable bonds is 8. The second-order valence-electron chi connectivity index (χ2n) is 4.55. The first-order valence-electron chi connectivity index (χ1n) is 6.17. The van der Waals surface area contributed by atoms with Gasteiger partial charge in [-0.2, -0.15) is 0 Å². The van der Waals surface area contributed by atoms with Gasteiger partial charge in [0.05, 0.1) is 12.7 Å². The first-order valence-corrected chi connectivity index (χ1v) is 6.17. The van der Waals surface area contributed by atoms with E-state index < -0.39 is 11.9 Å². The molecule has 0 aliphatic rings. The molecule has 0 amide bonds. The number of aliphatic hydroxyl groups is 1. The van der Waals surface area contributed by atoms with Gasteiger partial charge in [-0.25, -0.2) is 4.39 Å². The fourth-order valence-corrected chi connectivity index (χ4v) is 1.79. The van der Waals surface area contributed by atoms with Crippen molar-refractivity contribution in [2.45, 2.75) is 12.5 Å². The zero-order chi connectivity index (χ0) is 14.3. The Morgan fingerprint density at radius 2 is 2.26 bits per heavy atom. The molecular weight excluding hydrogens is 249 g/mol. The van der Waals surface area contributed by atoms with Crippen LogP contribution in [0.15, 0.2) is 24.3 Å². The van der Waals surface area contributed by atoms with Gasteiger partial charge in [-0.15, -0.1) is 0 Å². The van der Waals surface area contributed by atoms with Crippen molar-refractivity contribution in [1.29, 1.82) is 0 Å². The SMILES string of the molecule is COCC(O)CN(C)CCC(=O)c1cccc(F)c1. The quantitative estimate of drug-likeness (QED) is 0.724. The minimum absolute atomic E-state index is 0.104. The topological polar surface area (TPSA) is 49.8 Å². The van der Waals surface area contributed by atoms with Crippen molar-refractivity contribution in [2.24, 2.45) is 0 Å². The van der Waals surface area contributed by atoms with E-state index in [-0.39, 0.29) is 12.4 Å². The van der Waals surface area contributed by atoms with Crippen LogP contribution in [0.5, 0.6) is 0 Å². The minimum Gasteiger partial charge on any atom is -0.389 e. The van der Waals surface area contributed by atoms with E-state index in [9.17, 15) is 14.3 Å². The monoisotopic (exact) mass is 269 g/mol. The van der Waals surface area contributed by atoms with E-state index in [4.69, 9.17) is 4.74 Å². The van der Waals surface area contributed by atoms with Gasteiger partial charge in [0, 0.05) is 32.2 Å². The Morgan fingerprint density at radius 3 is 2.89 bits per heavy atom. The second-order valence-corrected chi connectivity index (χ2v) is 4.55. The van der Waals surface area contributed by atoms with E-state index in [2.05, 4.69) is 0 Å². The zero-order valence-corrected chi connectivity index (χ0v) is 11.3. The molecule has 1 aromatic carbocycles. The van der Waals surface area contributed by atoms with Crippen molar-refractivity contribution in [3.8, 4) is 0 Å². The highest BCUT2D eigenvalue weighted by atomic mass is 19.1. The summed E-state index contributed by atoms with van der Waals surface area (Å²) in [6, 6.07) is 5.67. The molecule has 1 atom stereocenters. The summed E-state index contributed by atoms with van der Waals surface area (Å²) in [6.07, 6.45) is -0.279. The van der Waals surface area contributed by atoms with Crippen LogP contribution in [0.25, 0.3) is 0 Å². The molecule has 1 N–H and O–H groups in total. The van der Waals surface area contributed by atoms with Gasteiger partial charge in [0.25, 0.3) is 0 Å². The summed E-state index contributed by atoms with van der Waals surface area (Å²) in [5.41, 5.74) is 0.380. The molecule has 1 unspecified atom stereocenters. The number of likely N-dealkylation sites (N-methyl/N-ethyl adjacent to an activating group) is 1. The molecule has 0 saturated heterocycles. The Morgan fingerprint density at radius 1 is 1.53 bits per heavy atom. The lowest BCUT2D eigenvalue weighted by atomic mass is 10.1. The number of hydrogen-bond acceptors (Lipinski definition) is 4. The summed E-state index contributed by atoms with van der Waals surface area (Å²) in [6.45, 7) is 1.21. The number of nitrogens with zero attached hydrogens (tertiary/aromatic N) is 1. The number of benzene rings is 1. The first-order chi connectivity index (χ1) is 9.02. The van der Waals surface area contributed by atoms with Gasteiger partial charge in [-0.1, -0.05) is 12.1 Å². The maximum absolute atomic E-state index is 13.0. The highest BCUT2D eigenvalue weighted by molar-refractivity contribution is 5.96. The molecule has 0 aromatic heterocycles. The minimum atomic E-state index is -0.570. The molecule has 1 aromatic rings. The molecule has 4 nitrogen and oxygen atoms in total. The Hall–Kier alpha value is -1.30. The van der Waals surface area contributed by atoms with Crippen molar-refractivity contribution in [2.75, 3.05) is 33.9 Å². The van der Waals surface area contributed by atoms with Crippen LogP contribution in [0.4, 0.5) is 4.39 Å². The third-order valence-corrected chi connectivity index (χ3v) is 2.75. The van der Waals surface area contributed by atoms with Crippen molar-refractivity contribution in [3.63, 3.8) is 0 Å². The summed E-state index contributed by atoms with van der Waals surface area (Å²) in [5.74, 6) is -0.512. The predicted octanol–water partition coefficient (Wildman–Crippen LogP) is 1.34. The number of aliphatic hydroxyl groups excluding tert-OH is 1.